The van der Waals surface area contributed by atoms with Gasteiger partial charge in [0.1, 0.15) is 24.4 Å². The first-order valence-corrected chi connectivity index (χ1v) is 13.0. The van der Waals surface area contributed by atoms with Gasteiger partial charge in [-0.25, -0.2) is 9.59 Å². The Morgan fingerprint density at radius 3 is 2.43 bits per heavy atom. The molecule has 2 saturated heterocycles. The van der Waals surface area contributed by atoms with Crippen LogP contribution < -0.4 is 5.32 Å². The van der Waals surface area contributed by atoms with E-state index in [-0.39, 0.29) is 19.1 Å². The first-order valence-electron chi connectivity index (χ1n) is 13.0. The van der Waals surface area contributed by atoms with E-state index in [2.05, 4.69) is 5.32 Å². The van der Waals surface area contributed by atoms with E-state index in [1.807, 2.05) is 35.2 Å². The van der Waals surface area contributed by atoms with Gasteiger partial charge in [-0.05, 0) is 39.2 Å². The molecule has 204 valence electrons. The monoisotopic (exact) mass is 517 g/mol. The summed E-state index contributed by atoms with van der Waals surface area (Å²) in [4.78, 5) is 52.0. The number of piperidine rings is 1. The van der Waals surface area contributed by atoms with Gasteiger partial charge >= 0.3 is 18.2 Å². The summed E-state index contributed by atoms with van der Waals surface area (Å²) in [5.41, 5.74) is -0.338. The number of nitrogens with zero attached hydrogens (tertiary/aromatic N) is 2. The molecule has 1 spiro atoms. The Hall–Kier alpha value is -3.30. The van der Waals surface area contributed by atoms with Crippen molar-refractivity contribution in [1.82, 2.24) is 15.1 Å². The third-order valence-corrected chi connectivity index (χ3v) is 6.36. The number of hydrogen-bond donors (Lipinski definition) is 1. The van der Waals surface area contributed by atoms with Crippen LogP contribution in [-0.2, 0) is 30.4 Å². The first kappa shape index (κ1) is 28.3. The highest BCUT2D eigenvalue weighted by Crippen LogP contribution is 2.33. The van der Waals surface area contributed by atoms with Crippen molar-refractivity contribution >= 4 is 24.1 Å². The average Bonchev–Trinajstić information content (AvgIpc) is 3.13. The second-order valence-electron chi connectivity index (χ2n) is 10.7. The van der Waals surface area contributed by atoms with E-state index in [0.717, 1.165) is 24.8 Å². The number of unbranched alkanes of at least 4 members (excludes halogenated alkanes) is 2. The molecule has 2 aliphatic rings. The number of rotatable bonds is 10. The summed E-state index contributed by atoms with van der Waals surface area (Å²) in [6, 6.07) is 9.49. The molecule has 2 heterocycles. The minimum absolute atomic E-state index is 0.0833. The van der Waals surface area contributed by atoms with Crippen molar-refractivity contribution in [1.29, 1.82) is 0 Å². The zero-order chi connectivity index (χ0) is 26.9. The van der Waals surface area contributed by atoms with Gasteiger partial charge in [0, 0.05) is 38.9 Å². The number of likely N-dealkylation sites (tertiary alicyclic amines) is 1. The Labute approximate surface area is 218 Å². The second kappa shape index (κ2) is 12.8. The van der Waals surface area contributed by atoms with Crippen LogP contribution in [0.1, 0.15) is 64.9 Å². The van der Waals surface area contributed by atoms with Crippen LogP contribution in [0, 0.1) is 0 Å². The van der Waals surface area contributed by atoms with E-state index in [1.165, 1.54) is 4.90 Å². The fourth-order valence-corrected chi connectivity index (χ4v) is 4.47. The van der Waals surface area contributed by atoms with Crippen LogP contribution in [0.2, 0.25) is 0 Å². The third-order valence-electron chi connectivity index (χ3n) is 6.36. The van der Waals surface area contributed by atoms with Gasteiger partial charge in [-0.1, -0.05) is 36.8 Å². The number of ether oxygens (including phenoxy) is 3. The van der Waals surface area contributed by atoms with Crippen molar-refractivity contribution in [2.24, 2.45) is 0 Å². The maximum atomic E-state index is 12.6. The number of hydrogen-bond acceptors (Lipinski definition) is 7. The summed E-state index contributed by atoms with van der Waals surface area (Å²) in [6.07, 6.45) is 2.90. The summed E-state index contributed by atoms with van der Waals surface area (Å²) >= 11 is 0. The fraction of sp³-hybridized carbons (Fsp3) is 0.630. The molecule has 0 saturated carbocycles. The highest BCUT2D eigenvalue weighted by atomic mass is 16.6. The smallest absolute Gasteiger partial charge is 0.411 e. The lowest BCUT2D eigenvalue weighted by atomic mass is 9.91. The Kier molecular flexibility index (Phi) is 9.77. The zero-order valence-corrected chi connectivity index (χ0v) is 22.1. The molecule has 0 unspecified atom stereocenters. The Morgan fingerprint density at radius 1 is 1.05 bits per heavy atom. The molecular weight excluding hydrogens is 478 g/mol. The lowest BCUT2D eigenvalue weighted by molar-refractivity contribution is -0.155. The van der Waals surface area contributed by atoms with E-state index in [0.29, 0.717) is 45.4 Å². The number of carbonyl (C=O) groups is 4. The SMILES string of the molecule is CC(C)(C)OC(=O)CN1CC2(CCN(C(=O)CCCCCNC(=O)OCc3ccccc3)CC2)OC1=O. The largest absolute Gasteiger partial charge is 0.459 e. The van der Waals surface area contributed by atoms with Gasteiger partial charge < -0.3 is 24.4 Å². The van der Waals surface area contributed by atoms with Gasteiger partial charge in [-0.15, -0.1) is 0 Å². The molecular formula is C27H39N3O7. The molecule has 10 heteroatoms. The summed E-state index contributed by atoms with van der Waals surface area (Å²) < 4.78 is 16.1. The van der Waals surface area contributed by atoms with Gasteiger partial charge in [0.2, 0.25) is 5.91 Å². The van der Waals surface area contributed by atoms with Crippen molar-refractivity contribution in [2.45, 2.75) is 77.1 Å². The van der Waals surface area contributed by atoms with Gasteiger partial charge in [0.15, 0.2) is 0 Å². The van der Waals surface area contributed by atoms with Crippen LogP contribution in [-0.4, -0.2) is 77.8 Å². The summed E-state index contributed by atoms with van der Waals surface area (Å²) in [7, 11) is 0. The molecule has 1 aromatic rings. The fourth-order valence-electron chi connectivity index (χ4n) is 4.47. The topological polar surface area (TPSA) is 114 Å². The normalized spacial score (nSPS) is 16.9. The molecule has 0 bridgehead atoms. The lowest BCUT2D eigenvalue weighted by Crippen LogP contribution is -2.49. The third kappa shape index (κ3) is 9.26. The van der Waals surface area contributed by atoms with Crippen molar-refractivity contribution < 1.29 is 33.4 Å². The maximum Gasteiger partial charge on any atom is 0.411 e. The average molecular weight is 518 g/mol. The Bertz CT molecular complexity index is 937. The number of nitrogens with one attached hydrogen (secondary N) is 1. The summed E-state index contributed by atoms with van der Waals surface area (Å²) in [5, 5.41) is 2.73. The predicted molar refractivity (Wildman–Crippen MR) is 136 cm³/mol. The van der Waals surface area contributed by atoms with Crippen LogP contribution in [0.15, 0.2) is 30.3 Å². The van der Waals surface area contributed by atoms with Crippen LogP contribution in [0.25, 0.3) is 0 Å². The zero-order valence-electron chi connectivity index (χ0n) is 22.1. The molecule has 0 aliphatic carbocycles. The highest BCUT2D eigenvalue weighted by Gasteiger charge is 2.48. The molecule has 0 radical (unpaired) electrons. The number of amides is 3. The van der Waals surface area contributed by atoms with E-state index in [4.69, 9.17) is 14.2 Å². The minimum Gasteiger partial charge on any atom is -0.459 e. The van der Waals surface area contributed by atoms with Gasteiger partial charge in [-0.3, -0.25) is 14.5 Å². The van der Waals surface area contributed by atoms with Crippen molar-refractivity contribution in [2.75, 3.05) is 32.7 Å². The maximum absolute atomic E-state index is 12.6. The van der Waals surface area contributed by atoms with Crippen LogP contribution >= 0.6 is 0 Å². The van der Waals surface area contributed by atoms with E-state index >= 15 is 0 Å². The second-order valence-corrected chi connectivity index (χ2v) is 10.7. The number of esters is 1. The quantitative estimate of drug-likeness (QED) is 0.286. The van der Waals surface area contributed by atoms with Crippen LogP contribution in [0.3, 0.4) is 0 Å². The first-order chi connectivity index (χ1) is 17.6. The molecule has 0 aromatic heterocycles. The molecule has 1 aromatic carbocycles. The van der Waals surface area contributed by atoms with E-state index < -0.39 is 29.4 Å². The molecule has 10 nitrogen and oxygen atoms in total. The van der Waals surface area contributed by atoms with Crippen molar-refractivity contribution in [3.8, 4) is 0 Å². The molecule has 0 atom stereocenters. The standard InChI is InChI=1S/C27H39N3O7/c1-26(2,3)36-23(32)18-30-20-27(37-25(30)34)13-16-29(17-14-27)22(31)12-8-5-9-15-28-24(33)35-19-21-10-6-4-7-11-21/h4,6-7,10-11H,5,8-9,12-20H2,1-3H3,(H,28,33). The highest BCUT2D eigenvalue weighted by molar-refractivity contribution is 5.80. The number of carbonyl (C=O) groups excluding carboxylic acids is 4. The lowest BCUT2D eigenvalue weighted by Gasteiger charge is -2.37. The predicted octanol–water partition coefficient (Wildman–Crippen LogP) is 3.63. The molecule has 3 rings (SSSR count). The van der Waals surface area contributed by atoms with Gasteiger partial charge in [-0.2, -0.15) is 0 Å². The van der Waals surface area contributed by atoms with Crippen LogP contribution in [0.5, 0.6) is 0 Å². The Balaban J connectivity index is 1.27. The van der Waals surface area contributed by atoms with Gasteiger partial charge in [0.05, 0.1) is 6.54 Å². The molecule has 2 fully saturated rings. The molecule has 2 aliphatic heterocycles. The van der Waals surface area contributed by atoms with E-state index in [9.17, 15) is 19.2 Å². The number of alkyl carbamates (subject to hydrolysis) is 1. The minimum atomic E-state index is -0.656. The Morgan fingerprint density at radius 2 is 1.76 bits per heavy atom. The van der Waals surface area contributed by atoms with Crippen molar-refractivity contribution in [3.63, 3.8) is 0 Å². The summed E-state index contributed by atoms with van der Waals surface area (Å²) in [6.45, 7) is 7.29. The van der Waals surface area contributed by atoms with Gasteiger partial charge in [0.25, 0.3) is 0 Å². The molecule has 3 amide bonds. The molecule has 37 heavy (non-hydrogen) atoms. The number of benzene rings is 1. The summed E-state index contributed by atoms with van der Waals surface area (Å²) in [5.74, 6) is -0.381. The van der Waals surface area contributed by atoms with E-state index in [1.54, 1.807) is 20.8 Å². The van der Waals surface area contributed by atoms with Crippen molar-refractivity contribution in [3.05, 3.63) is 35.9 Å². The van der Waals surface area contributed by atoms with Crippen LogP contribution in [0.4, 0.5) is 9.59 Å². The molecule has 1 N–H and O–H groups in total.